The number of nitrogens with one attached hydrogen (secondary N) is 1. The summed E-state index contributed by atoms with van der Waals surface area (Å²) in [4.78, 5) is 34.2. The van der Waals surface area contributed by atoms with E-state index >= 15 is 0 Å². The van der Waals surface area contributed by atoms with Crippen LogP contribution in [-0.2, 0) is 4.74 Å². The molecule has 0 saturated heterocycles. The van der Waals surface area contributed by atoms with Gasteiger partial charge in [-0.05, 0) is 54.4 Å². The van der Waals surface area contributed by atoms with E-state index in [1.807, 2.05) is 30.3 Å². The van der Waals surface area contributed by atoms with Gasteiger partial charge >= 0.3 is 5.97 Å². The topological polar surface area (TPSA) is 81.2 Å². The third-order valence-electron chi connectivity index (χ3n) is 4.86. The van der Waals surface area contributed by atoms with Crippen LogP contribution in [0.1, 0.15) is 50.7 Å². The van der Waals surface area contributed by atoms with Crippen molar-refractivity contribution in [1.82, 2.24) is 9.97 Å². The minimum atomic E-state index is -0.506. The second-order valence-electron chi connectivity index (χ2n) is 6.47. The first-order chi connectivity index (χ1) is 13.7. The van der Waals surface area contributed by atoms with Crippen LogP contribution >= 0.6 is 0 Å². The number of ketones is 1. The van der Waals surface area contributed by atoms with Crippen molar-refractivity contribution in [2.24, 2.45) is 0 Å². The Labute approximate surface area is 162 Å². The van der Waals surface area contributed by atoms with Crippen molar-refractivity contribution in [1.29, 1.82) is 0 Å². The van der Waals surface area contributed by atoms with Crippen LogP contribution in [0.4, 0.5) is 5.69 Å². The summed E-state index contributed by atoms with van der Waals surface area (Å²) in [6, 6.07) is 12.3. The third-order valence-corrected chi connectivity index (χ3v) is 4.86. The van der Waals surface area contributed by atoms with Crippen molar-refractivity contribution < 1.29 is 14.3 Å². The molecule has 1 aliphatic heterocycles. The minimum Gasteiger partial charge on any atom is -0.462 e. The van der Waals surface area contributed by atoms with Crippen molar-refractivity contribution in [3.8, 4) is 0 Å². The van der Waals surface area contributed by atoms with E-state index in [-0.39, 0.29) is 24.0 Å². The number of hydrogen-bond donors (Lipinski definition) is 1. The van der Waals surface area contributed by atoms with Gasteiger partial charge in [0, 0.05) is 30.5 Å². The summed E-state index contributed by atoms with van der Waals surface area (Å²) in [6.07, 6.45) is 6.74. The van der Waals surface area contributed by atoms with Gasteiger partial charge in [0.1, 0.15) is 0 Å². The van der Waals surface area contributed by atoms with Crippen molar-refractivity contribution >= 4 is 17.4 Å². The number of pyridine rings is 2. The van der Waals surface area contributed by atoms with Gasteiger partial charge in [0.2, 0.25) is 0 Å². The molecule has 0 amide bonds. The zero-order valence-electron chi connectivity index (χ0n) is 15.3. The van der Waals surface area contributed by atoms with E-state index in [9.17, 15) is 9.59 Å². The molecule has 2 atom stereocenters. The van der Waals surface area contributed by atoms with Crippen molar-refractivity contribution in [2.45, 2.75) is 18.9 Å². The highest BCUT2D eigenvalue weighted by Gasteiger charge is 2.39. The Morgan fingerprint density at radius 2 is 1.64 bits per heavy atom. The number of anilines is 1. The third kappa shape index (κ3) is 3.13. The fourth-order valence-electron chi connectivity index (χ4n) is 3.64. The van der Waals surface area contributed by atoms with E-state index in [4.69, 9.17) is 4.74 Å². The molecular weight excluding hydrogens is 354 g/mol. The smallest absolute Gasteiger partial charge is 0.338 e. The molecule has 2 unspecified atom stereocenters. The van der Waals surface area contributed by atoms with E-state index in [1.54, 1.807) is 43.8 Å². The average molecular weight is 373 g/mol. The van der Waals surface area contributed by atoms with Gasteiger partial charge in [-0.15, -0.1) is 0 Å². The van der Waals surface area contributed by atoms with Crippen LogP contribution in [-0.4, -0.2) is 28.3 Å². The first-order valence-electron chi connectivity index (χ1n) is 9.11. The molecular formula is C22H19N3O3. The lowest BCUT2D eigenvalue weighted by molar-refractivity contribution is 0.0522. The number of fused-ring (bicyclic) bond motifs is 1. The molecule has 1 aromatic carbocycles. The zero-order chi connectivity index (χ0) is 19.5. The lowest BCUT2D eigenvalue weighted by Gasteiger charge is -2.34. The second kappa shape index (κ2) is 7.60. The maximum atomic E-state index is 13.6. The molecule has 6 nitrogen and oxygen atoms in total. The standard InChI is InChI=1S/C22H19N3O3/c1-2-28-22(27)16-4-3-5-17-19(16)21(26)18(14-6-10-23-11-7-14)20(25-17)15-8-12-24-13-9-15/h3-13,18,20,25H,2H2,1H3. The molecule has 2 aromatic heterocycles. The lowest BCUT2D eigenvalue weighted by atomic mass is 9.77. The highest BCUT2D eigenvalue weighted by atomic mass is 16.5. The number of carbonyl (C=O) groups excluding carboxylic acids is 2. The Bertz CT molecular complexity index is 1010. The first-order valence-corrected chi connectivity index (χ1v) is 9.11. The van der Waals surface area contributed by atoms with Gasteiger partial charge in [0.15, 0.2) is 5.78 Å². The van der Waals surface area contributed by atoms with Crippen LogP contribution in [0.2, 0.25) is 0 Å². The van der Waals surface area contributed by atoms with Gasteiger partial charge in [0.25, 0.3) is 0 Å². The summed E-state index contributed by atoms with van der Waals surface area (Å²) in [7, 11) is 0. The molecule has 3 aromatic rings. The summed E-state index contributed by atoms with van der Waals surface area (Å²) in [6.45, 7) is 1.99. The predicted molar refractivity (Wildman–Crippen MR) is 104 cm³/mol. The zero-order valence-corrected chi connectivity index (χ0v) is 15.3. The van der Waals surface area contributed by atoms with Gasteiger partial charge in [-0.2, -0.15) is 0 Å². The number of ether oxygens (including phenoxy) is 1. The van der Waals surface area contributed by atoms with Crippen LogP contribution in [0.15, 0.2) is 67.3 Å². The summed E-state index contributed by atoms with van der Waals surface area (Å²) in [5.41, 5.74) is 3.05. The molecule has 0 radical (unpaired) electrons. The van der Waals surface area contributed by atoms with E-state index in [0.717, 1.165) is 11.1 Å². The second-order valence-corrected chi connectivity index (χ2v) is 6.47. The molecule has 0 spiro atoms. The Hall–Kier alpha value is -3.54. The summed E-state index contributed by atoms with van der Waals surface area (Å²) < 4.78 is 5.16. The Morgan fingerprint density at radius 3 is 2.29 bits per heavy atom. The molecule has 0 bridgehead atoms. The fraction of sp³-hybridized carbons (Fsp3) is 0.182. The molecule has 1 aliphatic rings. The first kappa shape index (κ1) is 17.9. The van der Waals surface area contributed by atoms with Crippen LogP contribution in [0.3, 0.4) is 0 Å². The number of aromatic nitrogens is 2. The van der Waals surface area contributed by atoms with Gasteiger partial charge in [-0.3, -0.25) is 14.8 Å². The monoisotopic (exact) mass is 373 g/mol. The molecule has 6 heteroatoms. The van der Waals surface area contributed by atoms with E-state index in [0.29, 0.717) is 11.3 Å². The highest BCUT2D eigenvalue weighted by molar-refractivity contribution is 6.14. The van der Waals surface area contributed by atoms with E-state index in [2.05, 4.69) is 15.3 Å². The maximum Gasteiger partial charge on any atom is 0.338 e. The quantitative estimate of drug-likeness (QED) is 0.701. The van der Waals surface area contributed by atoms with Gasteiger partial charge in [0.05, 0.1) is 29.7 Å². The van der Waals surface area contributed by atoms with E-state index < -0.39 is 11.9 Å². The number of hydrogen-bond acceptors (Lipinski definition) is 6. The molecule has 0 saturated carbocycles. The minimum absolute atomic E-state index is 0.120. The molecule has 28 heavy (non-hydrogen) atoms. The van der Waals surface area contributed by atoms with Gasteiger partial charge < -0.3 is 10.1 Å². The highest BCUT2D eigenvalue weighted by Crippen LogP contribution is 2.43. The largest absolute Gasteiger partial charge is 0.462 e. The lowest BCUT2D eigenvalue weighted by Crippen LogP contribution is -2.33. The number of esters is 1. The van der Waals surface area contributed by atoms with Gasteiger partial charge in [-0.25, -0.2) is 4.79 Å². The van der Waals surface area contributed by atoms with Crippen molar-refractivity contribution in [2.75, 3.05) is 11.9 Å². The molecule has 0 aliphatic carbocycles. The van der Waals surface area contributed by atoms with Crippen LogP contribution < -0.4 is 5.32 Å². The summed E-state index contributed by atoms with van der Waals surface area (Å²) in [5, 5.41) is 3.45. The number of nitrogens with zero attached hydrogens (tertiary/aromatic N) is 2. The number of benzene rings is 1. The van der Waals surface area contributed by atoms with Crippen molar-refractivity contribution in [3.05, 3.63) is 89.5 Å². The molecule has 4 rings (SSSR count). The normalized spacial score (nSPS) is 18.1. The average Bonchev–Trinajstić information content (AvgIpc) is 2.74. The molecule has 3 heterocycles. The van der Waals surface area contributed by atoms with Crippen LogP contribution in [0, 0.1) is 0 Å². The Balaban J connectivity index is 1.87. The summed E-state index contributed by atoms with van der Waals surface area (Å²) >= 11 is 0. The Morgan fingerprint density at radius 1 is 1.00 bits per heavy atom. The molecule has 1 N–H and O–H groups in total. The van der Waals surface area contributed by atoms with Crippen molar-refractivity contribution in [3.63, 3.8) is 0 Å². The Kier molecular flexibility index (Phi) is 4.85. The predicted octanol–water partition coefficient (Wildman–Crippen LogP) is 3.79. The fourth-order valence-corrected chi connectivity index (χ4v) is 3.64. The number of Topliss-reactive ketones (excluding diaryl/α,β-unsaturated/α-hetero) is 1. The van der Waals surface area contributed by atoms with Crippen LogP contribution in [0.5, 0.6) is 0 Å². The molecule has 140 valence electrons. The van der Waals surface area contributed by atoms with E-state index in [1.165, 1.54) is 0 Å². The van der Waals surface area contributed by atoms with Crippen LogP contribution in [0.25, 0.3) is 0 Å². The number of carbonyl (C=O) groups is 2. The summed E-state index contributed by atoms with van der Waals surface area (Å²) in [5.74, 6) is -1.12. The number of rotatable bonds is 4. The molecule has 0 fully saturated rings. The maximum absolute atomic E-state index is 13.6. The van der Waals surface area contributed by atoms with Gasteiger partial charge in [-0.1, -0.05) is 6.07 Å². The SMILES string of the molecule is CCOC(=O)c1cccc2c1C(=O)C(c1ccncc1)C(c1ccncc1)N2.